The fourth-order valence-corrected chi connectivity index (χ4v) is 19.8. The minimum absolute atomic E-state index is 0.0518. The van der Waals surface area contributed by atoms with Gasteiger partial charge in [0, 0.05) is 65.7 Å². The molecule has 8 aromatic carbocycles. The number of para-hydroxylation sites is 1. The van der Waals surface area contributed by atoms with Gasteiger partial charge in [0.1, 0.15) is 22.4 Å². The van der Waals surface area contributed by atoms with Gasteiger partial charge in [0.15, 0.2) is 0 Å². The van der Waals surface area contributed by atoms with Gasteiger partial charge in [-0.2, -0.15) is 0 Å². The summed E-state index contributed by atoms with van der Waals surface area (Å²) in [7, 11) is 0. The summed E-state index contributed by atoms with van der Waals surface area (Å²) >= 11 is 0. The zero-order chi connectivity index (χ0) is 50.4. The quantitative estimate of drug-likeness (QED) is 0.165. The van der Waals surface area contributed by atoms with Crippen molar-refractivity contribution in [2.24, 2.45) is 35.5 Å². The third-order valence-electron chi connectivity index (χ3n) is 22.2. The first-order valence-electron chi connectivity index (χ1n) is 29.7. The van der Waals surface area contributed by atoms with Crippen LogP contribution in [0.3, 0.4) is 0 Å². The van der Waals surface area contributed by atoms with E-state index in [-0.39, 0.29) is 23.1 Å². The summed E-state index contributed by atoms with van der Waals surface area (Å²) < 4.78 is 18.1. The maximum absolute atomic E-state index is 7.85. The van der Waals surface area contributed by atoms with Crippen molar-refractivity contribution in [2.45, 2.75) is 114 Å². The van der Waals surface area contributed by atoms with Crippen LogP contribution in [0.2, 0.25) is 0 Å². The van der Waals surface area contributed by atoms with E-state index in [9.17, 15) is 0 Å². The number of hydrogen-bond donors (Lipinski definition) is 0. The van der Waals surface area contributed by atoms with Gasteiger partial charge in [-0.05, 0) is 217 Å². The van der Waals surface area contributed by atoms with E-state index < -0.39 is 0 Å². The molecule has 0 atom stereocenters. The van der Waals surface area contributed by atoms with Crippen LogP contribution in [0.4, 0.5) is 17.1 Å². The van der Waals surface area contributed by atoms with Gasteiger partial charge >= 0.3 is 6.85 Å². The van der Waals surface area contributed by atoms with Crippen LogP contribution in [-0.2, 0) is 16.2 Å². The first-order valence-corrected chi connectivity index (χ1v) is 29.7. The van der Waals surface area contributed by atoms with Crippen molar-refractivity contribution in [3.8, 4) is 22.3 Å². The van der Waals surface area contributed by atoms with E-state index in [1.165, 1.54) is 149 Å². The van der Waals surface area contributed by atoms with Gasteiger partial charge in [0.25, 0.3) is 0 Å². The number of furan rings is 2. The molecule has 0 saturated heterocycles. The fourth-order valence-electron chi connectivity index (χ4n) is 19.8. The first kappa shape index (κ1) is 43.1. The van der Waals surface area contributed by atoms with Crippen LogP contribution in [0.1, 0.15) is 115 Å². The number of hydrogen-bond acceptors (Lipinski definition) is 3. The van der Waals surface area contributed by atoms with Gasteiger partial charge in [-0.3, -0.25) is 0 Å². The standard InChI is InChI=1S/C72H63BN2O2/c1-70(2,3)48-18-21-59(54(29-48)46-11-5-4-6-12-46)74-61-33-57-52-15-9-10-16-62(52)76-68(57)63-58-32-50(72-37-43-26-44(38-72)28-45(27-43)39-72)31-56-55-30-49(71-34-40-23-41(35-71)25-42(24-40)36-71)19-22-60(55)75(65(56)58)73(64(61)63)69-66(74)53-20-17-47-13-7-8-14-51(47)67(53)77-69/h4-22,29-33,40-45H,23-28,34-39H2,1-3H3. The van der Waals surface area contributed by atoms with Crippen LogP contribution in [0, 0.1) is 35.5 Å². The molecule has 0 amide bonds. The molecule has 0 N–H and O–H groups in total. The Morgan fingerprint density at radius 1 is 0.494 bits per heavy atom. The summed E-state index contributed by atoms with van der Waals surface area (Å²) in [6, 6.07) is 56.7. The number of aromatic nitrogens is 1. The molecule has 4 nitrogen and oxygen atoms in total. The van der Waals surface area contributed by atoms with Crippen molar-refractivity contribution in [3.05, 3.63) is 162 Å². The van der Waals surface area contributed by atoms with E-state index in [4.69, 9.17) is 8.83 Å². The number of benzene rings is 8. The highest BCUT2D eigenvalue weighted by molar-refractivity contribution is 6.90. The van der Waals surface area contributed by atoms with Crippen molar-refractivity contribution in [1.29, 1.82) is 0 Å². The van der Waals surface area contributed by atoms with Crippen molar-refractivity contribution < 1.29 is 8.83 Å². The number of nitrogens with zero attached hydrogens (tertiary/aromatic N) is 2. The molecule has 77 heavy (non-hydrogen) atoms. The highest BCUT2D eigenvalue weighted by Crippen LogP contribution is 2.64. The van der Waals surface area contributed by atoms with Gasteiger partial charge in [-0.15, -0.1) is 0 Å². The van der Waals surface area contributed by atoms with Crippen LogP contribution in [0.5, 0.6) is 0 Å². The van der Waals surface area contributed by atoms with Crippen molar-refractivity contribution in [3.63, 3.8) is 0 Å². The molecule has 376 valence electrons. The van der Waals surface area contributed by atoms with Crippen LogP contribution >= 0.6 is 0 Å². The Kier molecular flexibility index (Phi) is 8.15. The van der Waals surface area contributed by atoms with E-state index >= 15 is 0 Å². The van der Waals surface area contributed by atoms with Crippen molar-refractivity contribution in [1.82, 2.24) is 4.48 Å². The van der Waals surface area contributed by atoms with E-state index in [0.717, 1.165) is 85.4 Å². The predicted molar refractivity (Wildman–Crippen MR) is 318 cm³/mol. The summed E-state index contributed by atoms with van der Waals surface area (Å²) in [5.74, 6) is 5.17. The fraction of sp³-hybridized carbons (Fsp3) is 0.333. The molecule has 8 fully saturated rings. The summed E-state index contributed by atoms with van der Waals surface area (Å²) in [6.07, 6.45) is 16.7. The SMILES string of the molecule is CC(C)(C)c1ccc(N2c3cc4c(oc5ccccc54)c4c3B(c3oc5c(ccc6ccccc65)c32)n2c3ccc(C56CC7CC(CC(C7)C5)C6)cc3c3cc(C56CC7CC(CC(C7)C5)C6)cc-4c32)c(-c2ccccc2)c1. The molecule has 8 bridgehead atoms. The molecule has 21 rings (SSSR count). The second-order valence-electron chi connectivity index (χ2n) is 27.6. The Labute approximate surface area is 450 Å². The topological polar surface area (TPSA) is 34.5 Å². The van der Waals surface area contributed by atoms with Crippen molar-refractivity contribution in [2.75, 3.05) is 4.90 Å². The number of fused-ring (bicyclic) bond motifs is 15. The molecule has 8 aliphatic carbocycles. The van der Waals surface area contributed by atoms with Gasteiger partial charge in [-0.25, -0.2) is 0 Å². The lowest BCUT2D eigenvalue weighted by atomic mass is 9.46. The maximum atomic E-state index is 7.85. The molecule has 10 aliphatic rings. The Morgan fingerprint density at radius 2 is 1.14 bits per heavy atom. The monoisotopic (exact) mass is 998 g/mol. The number of anilines is 3. The van der Waals surface area contributed by atoms with Gasteiger partial charge in [0.2, 0.25) is 0 Å². The van der Waals surface area contributed by atoms with Gasteiger partial charge < -0.3 is 18.2 Å². The molecule has 0 radical (unpaired) electrons. The third kappa shape index (κ3) is 5.66. The van der Waals surface area contributed by atoms with Crippen LogP contribution in [0.25, 0.3) is 87.7 Å². The maximum Gasteiger partial charge on any atom is 0.376 e. The molecule has 11 aromatic rings. The average molecular weight is 999 g/mol. The van der Waals surface area contributed by atoms with Crippen LogP contribution in [0.15, 0.2) is 154 Å². The molecule has 0 spiro atoms. The summed E-state index contributed by atoms with van der Waals surface area (Å²) in [5, 5.41) is 8.69. The summed E-state index contributed by atoms with van der Waals surface area (Å²) in [4.78, 5) is 2.64. The molecule has 0 unspecified atom stereocenters. The predicted octanol–water partition coefficient (Wildman–Crippen LogP) is 17.9. The van der Waals surface area contributed by atoms with Crippen LogP contribution in [-0.4, -0.2) is 11.3 Å². The lowest BCUT2D eigenvalue weighted by Gasteiger charge is -2.57. The Balaban J connectivity index is 0.979. The second kappa shape index (κ2) is 14.6. The Morgan fingerprint density at radius 3 is 1.86 bits per heavy atom. The molecular formula is C72H63BN2O2. The Bertz CT molecular complexity index is 4350. The Hall–Kier alpha value is -6.98. The molecule has 2 aliphatic heterocycles. The number of rotatable bonds is 4. The molecule has 5 heteroatoms. The zero-order valence-electron chi connectivity index (χ0n) is 44.6. The minimum atomic E-state index is -0.257. The van der Waals surface area contributed by atoms with E-state index in [1.807, 2.05) is 0 Å². The van der Waals surface area contributed by atoms with E-state index in [2.05, 4.69) is 176 Å². The molecule has 8 saturated carbocycles. The second-order valence-corrected chi connectivity index (χ2v) is 27.6. The lowest BCUT2D eigenvalue weighted by Crippen LogP contribution is -2.56. The van der Waals surface area contributed by atoms with Gasteiger partial charge in [-0.1, -0.05) is 112 Å². The minimum Gasteiger partial charge on any atom is -0.465 e. The van der Waals surface area contributed by atoms with Crippen molar-refractivity contribution >= 4 is 101 Å². The highest BCUT2D eigenvalue weighted by atomic mass is 16.3. The lowest BCUT2D eigenvalue weighted by molar-refractivity contribution is -0.00527. The smallest absolute Gasteiger partial charge is 0.376 e. The normalized spacial score (nSPS) is 27.4. The molecule has 5 heterocycles. The van der Waals surface area contributed by atoms with E-state index in [1.54, 1.807) is 11.1 Å². The molecular weight excluding hydrogens is 936 g/mol. The van der Waals surface area contributed by atoms with E-state index in [0.29, 0.717) is 0 Å². The zero-order valence-corrected chi connectivity index (χ0v) is 44.6. The summed E-state index contributed by atoms with van der Waals surface area (Å²) in [6.45, 7) is 6.76. The van der Waals surface area contributed by atoms with Crippen LogP contribution < -0.4 is 16.0 Å². The molecule has 3 aromatic heterocycles. The first-order chi connectivity index (χ1) is 37.6. The largest absolute Gasteiger partial charge is 0.465 e. The third-order valence-corrected chi connectivity index (χ3v) is 22.2. The van der Waals surface area contributed by atoms with Gasteiger partial charge in [0.05, 0.1) is 11.4 Å². The average Bonchev–Trinajstić information content (AvgIpc) is 4.32. The summed E-state index contributed by atoms with van der Waals surface area (Å²) in [5.41, 5.74) is 21.3. The highest BCUT2D eigenvalue weighted by Gasteiger charge is 2.55.